The Labute approximate surface area is 761 Å². The number of ether oxygens (including phenoxy) is 14. The van der Waals surface area contributed by atoms with Gasteiger partial charge in [0.05, 0.1) is 43.2 Å². The highest BCUT2D eigenvalue weighted by molar-refractivity contribution is 5.89. The average molecular weight is 1810 g/mol. The van der Waals surface area contributed by atoms with Crippen molar-refractivity contribution >= 4 is 83.8 Å². The van der Waals surface area contributed by atoms with Gasteiger partial charge in [-0.25, -0.2) is 43.2 Å². The van der Waals surface area contributed by atoms with E-state index >= 15 is 0 Å². The highest BCUT2D eigenvalue weighted by atomic mass is 16.6. The lowest BCUT2D eigenvalue weighted by molar-refractivity contribution is -0.155. The van der Waals surface area contributed by atoms with Crippen molar-refractivity contribution in [2.45, 2.75) is 205 Å². The van der Waals surface area contributed by atoms with Gasteiger partial charge in [0.2, 0.25) is 0 Å². The molecule has 0 saturated carbocycles. The van der Waals surface area contributed by atoms with Crippen LogP contribution in [0.4, 0.5) is 9.59 Å². The lowest BCUT2D eigenvalue weighted by Gasteiger charge is -2.23. The smallest absolute Gasteiger partial charge is 0.412 e. The topological polar surface area (TPSA) is 412 Å². The molecule has 129 heavy (non-hydrogen) atoms. The van der Waals surface area contributed by atoms with Gasteiger partial charge >= 0.3 is 83.8 Å². The van der Waals surface area contributed by atoms with E-state index in [1.54, 1.807) is 46.8 Å². The minimum atomic E-state index is -1.11. The molecular formula is C98H138N2O29. The van der Waals surface area contributed by atoms with Gasteiger partial charge in [0.25, 0.3) is 0 Å². The van der Waals surface area contributed by atoms with Crippen molar-refractivity contribution in [3.63, 3.8) is 0 Å². The van der Waals surface area contributed by atoms with Crippen LogP contribution in [0.5, 0.6) is 23.0 Å². The predicted octanol–water partition coefficient (Wildman–Crippen LogP) is 16.7. The molecule has 31 nitrogen and oxygen atoms in total. The number of carbonyl (C=O) groups is 14. The SMILES string of the molecule is C=C(C)C(=O)Oc1ccc(C(C)CC)cc1.C=CC(=O)OCC(O)COC(=O)CCOC(=O)C(C)CC.C=CC(=O)OCCNC(=O)Oc1ccc(C(C)CC)cc1.C=CC(=O)OCCOC(=O)CCOC(=O)C(C)CC.C=CC(=O)OCCOC(=O)NCCOC(=O)C(C)(C)CC.C=CC(=O)Oc1ccc(C(C)(C)CC)cc1.C=CC(=O)Oc1ccc(C(C)CC)cc1. The van der Waals surface area contributed by atoms with Crippen molar-refractivity contribution in [1.82, 2.24) is 10.6 Å². The third-order valence-corrected chi connectivity index (χ3v) is 18.7. The molecule has 4 aromatic rings. The fourth-order valence-corrected chi connectivity index (χ4v) is 8.58. The van der Waals surface area contributed by atoms with Crippen molar-refractivity contribution in [2.75, 3.05) is 79.2 Å². The van der Waals surface area contributed by atoms with Crippen LogP contribution in [0.15, 0.2) is 185 Å². The molecule has 0 saturated heterocycles. The van der Waals surface area contributed by atoms with Crippen molar-refractivity contribution in [2.24, 2.45) is 17.3 Å². The van der Waals surface area contributed by atoms with E-state index in [4.69, 9.17) is 52.1 Å². The van der Waals surface area contributed by atoms with E-state index in [-0.39, 0.29) is 133 Å². The van der Waals surface area contributed by atoms with Gasteiger partial charge in [0.15, 0.2) is 0 Å². The number of alkyl carbamates (subject to hydrolysis) is 1. The summed E-state index contributed by atoms with van der Waals surface area (Å²) in [4.78, 5) is 155. The van der Waals surface area contributed by atoms with Crippen LogP contribution in [-0.2, 0) is 110 Å². The van der Waals surface area contributed by atoms with Gasteiger partial charge in [-0.05, 0) is 160 Å². The van der Waals surface area contributed by atoms with Gasteiger partial charge in [-0.1, -0.05) is 192 Å². The number of aliphatic hydroxyl groups excluding tert-OH is 1. The molecular weight excluding hydrogens is 1670 g/mol. The van der Waals surface area contributed by atoms with Crippen molar-refractivity contribution in [1.29, 1.82) is 0 Å². The summed E-state index contributed by atoms with van der Waals surface area (Å²) in [6.07, 6.45) is 10.3. The Kier molecular flexibility index (Phi) is 66.5. The monoisotopic (exact) mass is 1810 g/mol. The molecule has 3 N–H and O–H groups in total. The maximum atomic E-state index is 11.6. The Balaban J connectivity index is -0.00000144. The zero-order chi connectivity index (χ0) is 98.5. The number of esters is 12. The van der Waals surface area contributed by atoms with Crippen LogP contribution < -0.4 is 29.6 Å². The molecule has 0 bridgehead atoms. The molecule has 0 spiro atoms. The second-order valence-electron chi connectivity index (χ2n) is 29.5. The standard InChI is InChI=1S/C16H21NO4.C14H23NO6.C14H22O7.2C14H18O2.C13H20O6.C13H16O2/c1-4-12(3)13-6-8-14(9-7-13)21-16(19)17-10-11-20-15(18)5-2;1-5-11(16)19-9-10-21-13(18)15-7-8-20-12(17)14(3,4)6-2;1-4-10(3)14(18)19-7-6-13(17)21-9-11(15)8-20-12(16)5-2;1-5-11(4)12-6-8-13(9-7-12)16-14(15)10(2)3;1-5-13(15)16-12-9-7-11(8-10-12)14(3,4)6-2;1-4-10(3)13(16)19-7-6-12(15)18-9-8-17-11(14)5-2;1-4-10(3)11-6-8-12(9-7-11)15-13(14)5-2/h5-9,12H,2,4,10-11H2,1,3H3,(H,17,19);5H,1,6-10H2,2-4H3,(H,15,18);5,10-11,15H,2,4,6-9H2,1,3H3;6-9,11H,2,5H2,1,3-4H3;5,7-10H,1,6H2,2-4H3;5,10H,2,4,6-9H2,1,3H3;5-10H,2,4H2,1,3H3. The number of aliphatic hydroxyl groups is 1. The van der Waals surface area contributed by atoms with E-state index < -0.39 is 71.5 Å². The molecule has 0 aliphatic heterocycles. The van der Waals surface area contributed by atoms with Gasteiger partial charge < -0.3 is 82.1 Å². The number of rotatable bonds is 47. The largest absolute Gasteiger partial charge is 0.465 e. The summed E-state index contributed by atoms with van der Waals surface area (Å²) in [5.74, 6) is -2.35. The molecule has 0 heterocycles. The van der Waals surface area contributed by atoms with Crippen molar-refractivity contribution < 1.29 is 139 Å². The second-order valence-corrected chi connectivity index (χ2v) is 29.5. The fourth-order valence-electron chi connectivity index (χ4n) is 8.58. The molecule has 0 aromatic heterocycles. The fraction of sp³-hybridized carbons (Fsp3) is 0.469. The predicted molar refractivity (Wildman–Crippen MR) is 488 cm³/mol. The van der Waals surface area contributed by atoms with Gasteiger partial charge in [0.1, 0.15) is 95.2 Å². The Bertz CT molecular complexity index is 4110. The van der Waals surface area contributed by atoms with Gasteiger partial charge in [-0.15, -0.1) is 0 Å². The molecule has 31 heteroatoms. The Morgan fingerprint density at radius 2 is 0.690 bits per heavy atom. The molecule has 2 amide bonds. The molecule has 0 aliphatic rings. The van der Waals surface area contributed by atoms with Gasteiger partial charge in [-0.3, -0.25) is 24.0 Å². The van der Waals surface area contributed by atoms with Crippen LogP contribution >= 0.6 is 0 Å². The highest BCUT2D eigenvalue weighted by Gasteiger charge is 2.27. The van der Waals surface area contributed by atoms with E-state index in [0.717, 1.165) is 62.1 Å². The van der Waals surface area contributed by atoms with Crippen LogP contribution in [0.25, 0.3) is 0 Å². The first-order chi connectivity index (χ1) is 61.0. The molecule has 0 aliphatic carbocycles. The zero-order valence-electron chi connectivity index (χ0n) is 78.3. The van der Waals surface area contributed by atoms with E-state index in [2.05, 4.69) is 133 Å². The number of hydrogen-bond donors (Lipinski definition) is 3. The summed E-state index contributed by atoms with van der Waals surface area (Å²) in [5.41, 5.74) is 5.01. The highest BCUT2D eigenvalue weighted by Crippen LogP contribution is 2.29. The summed E-state index contributed by atoms with van der Waals surface area (Å²) in [6, 6.07) is 30.3. The van der Waals surface area contributed by atoms with Crippen LogP contribution in [0.2, 0.25) is 0 Å². The Morgan fingerprint density at radius 1 is 0.364 bits per heavy atom. The first-order valence-electron chi connectivity index (χ1n) is 42.5. The molecule has 0 fully saturated rings. The first kappa shape index (κ1) is 120. The zero-order valence-corrected chi connectivity index (χ0v) is 78.3. The number of nitrogens with one attached hydrogen (secondary N) is 2. The number of carbonyl (C=O) groups excluding carboxylic acids is 14. The Hall–Kier alpha value is -12.8. The maximum Gasteiger partial charge on any atom is 0.412 e. The summed E-state index contributed by atoms with van der Waals surface area (Å²) >= 11 is 0. The summed E-state index contributed by atoms with van der Waals surface area (Å²) in [7, 11) is 0. The molecule has 714 valence electrons. The molecule has 0 radical (unpaired) electrons. The third-order valence-electron chi connectivity index (χ3n) is 18.7. The van der Waals surface area contributed by atoms with Crippen LogP contribution in [-0.4, -0.2) is 174 Å². The molecule has 6 unspecified atom stereocenters. The number of hydrogen-bond acceptors (Lipinski definition) is 29. The normalized spacial score (nSPS) is 11.5. The minimum absolute atomic E-state index is 0.00550. The van der Waals surface area contributed by atoms with Crippen LogP contribution in [0.3, 0.4) is 0 Å². The van der Waals surface area contributed by atoms with Gasteiger partial charge in [-0.2, -0.15) is 0 Å². The third kappa shape index (κ3) is 59.7. The van der Waals surface area contributed by atoms with E-state index in [0.29, 0.717) is 65.6 Å². The summed E-state index contributed by atoms with van der Waals surface area (Å²) < 4.78 is 67.7. The quantitative estimate of drug-likeness (QED) is 0.0122. The van der Waals surface area contributed by atoms with Crippen LogP contribution in [0.1, 0.15) is 215 Å². The lowest BCUT2D eigenvalue weighted by atomic mass is 9.82. The van der Waals surface area contributed by atoms with Gasteiger partial charge in [0, 0.05) is 42.0 Å². The van der Waals surface area contributed by atoms with E-state index in [1.165, 1.54) is 22.3 Å². The molecule has 4 aromatic carbocycles. The van der Waals surface area contributed by atoms with E-state index in [1.807, 2.05) is 106 Å². The molecule has 6 atom stereocenters. The summed E-state index contributed by atoms with van der Waals surface area (Å²) in [6.45, 7) is 56.6. The van der Waals surface area contributed by atoms with Crippen molar-refractivity contribution in [3.8, 4) is 23.0 Å². The van der Waals surface area contributed by atoms with E-state index in [9.17, 15) is 72.2 Å². The second kappa shape index (κ2) is 71.3. The first-order valence-corrected chi connectivity index (χ1v) is 42.5. The maximum absolute atomic E-state index is 11.6. The average Bonchev–Trinajstić information content (AvgIpc) is 0.845. The van der Waals surface area contributed by atoms with Crippen molar-refractivity contribution in [3.05, 3.63) is 207 Å². The Morgan fingerprint density at radius 3 is 1.05 bits per heavy atom. The lowest BCUT2D eigenvalue weighted by Crippen LogP contribution is -2.32. The summed E-state index contributed by atoms with van der Waals surface area (Å²) in [5, 5.41) is 14.3. The number of amides is 2. The van der Waals surface area contributed by atoms with Crippen LogP contribution in [0, 0.1) is 17.3 Å². The number of benzene rings is 4. The minimum Gasteiger partial charge on any atom is -0.465 e. The molecule has 4 rings (SSSR count).